The molecule has 1 fully saturated rings. The fourth-order valence-electron chi connectivity index (χ4n) is 2.21. The van der Waals surface area contributed by atoms with Gasteiger partial charge in [0.25, 0.3) is 0 Å². The van der Waals surface area contributed by atoms with E-state index in [1.807, 2.05) is 12.1 Å². The summed E-state index contributed by atoms with van der Waals surface area (Å²) in [6, 6.07) is 3.84. The lowest BCUT2D eigenvalue weighted by Gasteiger charge is -2.32. The number of ether oxygens (including phenoxy) is 1. The maximum atomic E-state index is 6.11. The van der Waals surface area contributed by atoms with Gasteiger partial charge in [-0.15, -0.1) is 0 Å². The van der Waals surface area contributed by atoms with Crippen molar-refractivity contribution in [3.05, 3.63) is 17.8 Å². The van der Waals surface area contributed by atoms with Crippen LogP contribution in [0.5, 0.6) is 5.88 Å². The fourth-order valence-corrected chi connectivity index (χ4v) is 2.21. The summed E-state index contributed by atoms with van der Waals surface area (Å²) in [5.41, 5.74) is 1.26. The second-order valence-electron chi connectivity index (χ2n) is 6.57. The highest BCUT2D eigenvalue weighted by atomic mass is 16.7. The molecule has 0 aliphatic carbocycles. The molecule has 0 radical (unpaired) electrons. The third kappa shape index (κ3) is 2.57. The molecule has 0 spiro atoms. The van der Waals surface area contributed by atoms with Crippen LogP contribution in [0.25, 0.3) is 0 Å². The third-order valence-corrected chi connectivity index (χ3v) is 4.20. The molecule has 0 amide bonds. The van der Waals surface area contributed by atoms with Crippen molar-refractivity contribution in [1.29, 1.82) is 0 Å². The number of hydrogen-bond donors (Lipinski definition) is 0. The van der Waals surface area contributed by atoms with E-state index in [2.05, 4.69) is 46.5 Å². The molecule has 0 bridgehead atoms. The molecule has 20 heavy (non-hydrogen) atoms. The Morgan fingerprint density at radius 3 is 2.10 bits per heavy atom. The second-order valence-corrected chi connectivity index (χ2v) is 6.57. The highest BCUT2D eigenvalue weighted by Crippen LogP contribution is 2.37. The van der Waals surface area contributed by atoms with Gasteiger partial charge in [0.05, 0.1) is 18.3 Å². The molecule has 0 N–H and O–H groups in total. The van der Waals surface area contributed by atoms with E-state index in [-0.39, 0.29) is 24.2 Å². The minimum atomic E-state index is -0.379. The average molecular weight is 277 g/mol. The molecule has 2 rings (SSSR count). The zero-order valence-corrected chi connectivity index (χ0v) is 13.5. The van der Waals surface area contributed by atoms with Gasteiger partial charge in [-0.3, -0.25) is 0 Å². The van der Waals surface area contributed by atoms with E-state index in [1.54, 1.807) is 7.11 Å². The fraction of sp³-hybridized carbons (Fsp3) is 0.667. The minimum Gasteiger partial charge on any atom is -0.481 e. The third-order valence-electron chi connectivity index (χ3n) is 4.20. The first kappa shape index (κ1) is 15.3. The van der Waals surface area contributed by atoms with E-state index in [0.717, 1.165) is 11.2 Å². The Hall–Kier alpha value is -1.07. The molecule has 1 aromatic rings. The number of rotatable bonds is 3. The van der Waals surface area contributed by atoms with E-state index < -0.39 is 0 Å². The molecule has 1 saturated heterocycles. The summed E-state index contributed by atoms with van der Waals surface area (Å²) < 4.78 is 17.4. The maximum absolute atomic E-state index is 6.11. The first-order chi connectivity index (χ1) is 9.18. The predicted octanol–water partition coefficient (Wildman–Crippen LogP) is 2.51. The van der Waals surface area contributed by atoms with Crippen molar-refractivity contribution in [3.8, 4) is 5.88 Å². The normalized spacial score (nSPS) is 20.5. The average Bonchev–Trinajstić information content (AvgIpc) is 2.57. The summed E-state index contributed by atoms with van der Waals surface area (Å²) in [6.07, 6.45) is 0. The zero-order valence-electron chi connectivity index (χ0n) is 13.5. The summed E-state index contributed by atoms with van der Waals surface area (Å²) in [5.74, 6) is 0.896. The van der Waals surface area contributed by atoms with Gasteiger partial charge in [0.2, 0.25) is 5.88 Å². The van der Waals surface area contributed by atoms with E-state index in [0.29, 0.717) is 5.88 Å². The molecule has 0 aromatic carbocycles. The second kappa shape index (κ2) is 5.04. The van der Waals surface area contributed by atoms with Crippen LogP contribution in [0.1, 0.15) is 53.2 Å². The van der Waals surface area contributed by atoms with Gasteiger partial charge in [-0.05, 0) is 39.7 Å². The van der Waals surface area contributed by atoms with E-state index in [9.17, 15) is 0 Å². The van der Waals surface area contributed by atoms with Crippen molar-refractivity contribution < 1.29 is 14.0 Å². The largest absolute Gasteiger partial charge is 0.496 e. The number of pyridine rings is 1. The molecule has 1 aromatic heterocycles. The van der Waals surface area contributed by atoms with Gasteiger partial charge in [-0.1, -0.05) is 19.9 Å². The van der Waals surface area contributed by atoms with Gasteiger partial charge in [0.1, 0.15) is 0 Å². The van der Waals surface area contributed by atoms with Gasteiger partial charge < -0.3 is 14.0 Å². The Balaban J connectivity index is 2.39. The van der Waals surface area contributed by atoms with Crippen LogP contribution in [0, 0.1) is 0 Å². The Morgan fingerprint density at radius 1 is 1.10 bits per heavy atom. The van der Waals surface area contributed by atoms with Crippen LogP contribution < -0.4 is 10.2 Å². The topological polar surface area (TPSA) is 40.6 Å². The maximum Gasteiger partial charge on any atom is 0.496 e. The monoisotopic (exact) mass is 277 g/mol. The van der Waals surface area contributed by atoms with Crippen molar-refractivity contribution in [3.63, 3.8) is 0 Å². The molecule has 0 saturated carbocycles. The van der Waals surface area contributed by atoms with Gasteiger partial charge in [-0.2, -0.15) is 0 Å². The van der Waals surface area contributed by atoms with E-state index >= 15 is 0 Å². The molecule has 0 atom stereocenters. The van der Waals surface area contributed by atoms with Crippen LogP contribution in [-0.4, -0.2) is 30.4 Å². The first-order valence-electron chi connectivity index (χ1n) is 7.08. The predicted molar refractivity (Wildman–Crippen MR) is 80.6 cm³/mol. The molecule has 2 heterocycles. The van der Waals surface area contributed by atoms with Crippen LogP contribution >= 0.6 is 0 Å². The SMILES string of the molecule is COc1ccc(B2OC(C)(C)C(C)(C)O2)c(C(C)C)n1. The highest BCUT2D eigenvalue weighted by Gasteiger charge is 2.52. The van der Waals surface area contributed by atoms with Crippen molar-refractivity contribution in [2.75, 3.05) is 7.11 Å². The van der Waals surface area contributed by atoms with Crippen LogP contribution in [0.3, 0.4) is 0 Å². The summed E-state index contributed by atoms with van der Waals surface area (Å²) in [4.78, 5) is 4.55. The molecule has 1 aliphatic rings. The summed E-state index contributed by atoms with van der Waals surface area (Å²) in [6.45, 7) is 12.4. The van der Waals surface area contributed by atoms with Gasteiger partial charge in [0, 0.05) is 11.2 Å². The first-order valence-corrected chi connectivity index (χ1v) is 7.08. The molecule has 4 nitrogen and oxygen atoms in total. The number of aromatic nitrogens is 1. The van der Waals surface area contributed by atoms with Crippen molar-refractivity contribution in [1.82, 2.24) is 4.98 Å². The lowest BCUT2D eigenvalue weighted by Crippen LogP contribution is -2.41. The number of methoxy groups -OCH3 is 1. The molecule has 0 unspecified atom stereocenters. The quantitative estimate of drug-likeness (QED) is 0.796. The van der Waals surface area contributed by atoms with Crippen LogP contribution in [0.15, 0.2) is 12.1 Å². The Labute approximate surface area is 122 Å². The van der Waals surface area contributed by atoms with Gasteiger partial charge >= 0.3 is 7.12 Å². The molecule has 1 aliphatic heterocycles. The summed E-state index contributed by atoms with van der Waals surface area (Å²) >= 11 is 0. The van der Waals surface area contributed by atoms with Crippen LogP contribution in [0.4, 0.5) is 0 Å². The van der Waals surface area contributed by atoms with E-state index in [1.165, 1.54) is 0 Å². The Kier molecular flexibility index (Phi) is 3.86. The van der Waals surface area contributed by atoms with E-state index in [4.69, 9.17) is 14.0 Å². The number of hydrogen-bond acceptors (Lipinski definition) is 4. The van der Waals surface area contributed by atoms with Crippen molar-refractivity contribution >= 4 is 12.6 Å². The molecule has 5 heteroatoms. The lowest BCUT2D eigenvalue weighted by atomic mass is 9.76. The highest BCUT2D eigenvalue weighted by molar-refractivity contribution is 6.62. The summed E-state index contributed by atoms with van der Waals surface area (Å²) in [5, 5.41) is 0. The number of nitrogens with zero attached hydrogens (tertiary/aromatic N) is 1. The lowest BCUT2D eigenvalue weighted by molar-refractivity contribution is 0.00578. The smallest absolute Gasteiger partial charge is 0.481 e. The molecular weight excluding hydrogens is 253 g/mol. The van der Waals surface area contributed by atoms with Crippen LogP contribution in [0.2, 0.25) is 0 Å². The zero-order chi connectivity index (χ0) is 15.1. The summed E-state index contributed by atoms with van der Waals surface area (Å²) in [7, 11) is 1.25. The van der Waals surface area contributed by atoms with Crippen molar-refractivity contribution in [2.45, 2.75) is 58.7 Å². The Bertz CT molecular complexity index is 484. The van der Waals surface area contributed by atoms with Gasteiger partial charge in [0.15, 0.2) is 0 Å². The molecular formula is C15H24BNO3. The van der Waals surface area contributed by atoms with Gasteiger partial charge in [-0.25, -0.2) is 4.98 Å². The standard InChI is InChI=1S/C15H24BNO3/c1-10(2)13-11(8-9-12(17-13)18-7)16-19-14(3,4)15(5,6)20-16/h8-10H,1-7H3. The van der Waals surface area contributed by atoms with Crippen LogP contribution in [-0.2, 0) is 9.31 Å². The van der Waals surface area contributed by atoms with Crippen molar-refractivity contribution in [2.24, 2.45) is 0 Å². The molecule has 110 valence electrons. The minimum absolute atomic E-state index is 0.277. The Morgan fingerprint density at radius 2 is 1.65 bits per heavy atom.